The largest absolute Gasteiger partial charge is 0.355 e. The van der Waals surface area contributed by atoms with Gasteiger partial charge in [0.05, 0.1) is 0 Å². The second-order valence-electron chi connectivity index (χ2n) is 3.76. The molecule has 1 unspecified atom stereocenters. The van der Waals surface area contributed by atoms with E-state index in [1.807, 2.05) is 13.1 Å². The maximum absolute atomic E-state index is 5.77. The minimum atomic E-state index is 0. The Balaban J connectivity index is 0.00000128. The molecule has 1 saturated heterocycles. The summed E-state index contributed by atoms with van der Waals surface area (Å²) in [5.74, 6) is 0.926. The van der Waals surface area contributed by atoms with Crippen molar-refractivity contribution in [1.29, 1.82) is 0 Å². The Labute approximate surface area is 107 Å². The average Bonchev–Trinajstić information content (AvgIpc) is 2.29. The van der Waals surface area contributed by atoms with Crippen molar-refractivity contribution >= 4 is 29.8 Å². The van der Waals surface area contributed by atoms with E-state index < -0.39 is 0 Å². The van der Waals surface area contributed by atoms with E-state index in [9.17, 15) is 0 Å². The molecule has 90 valence electrons. The molecular formula is C10H16Cl2N4. The van der Waals surface area contributed by atoms with E-state index in [0.29, 0.717) is 11.3 Å². The molecule has 0 radical (unpaired) electrons. The van der Waals surface area contributed by atoms with Crippen LogP contribution in [0.15, 0.2) is 12.3 Å². The van der Waals surface area contributed by atoms with Gasteiger partial charge in [-0.2, -0.15) is 0 Å². The summed E-state index contributed by atoms with van der Waals surface area (Å²) in [4.78, 5) is 10.4. The summed E-state index contributed by atoms with van der Waals surface area (Å²) in [6, 6.07) is 2.46. The molecule has 1 N–H and O–H groups in total. The zero-order valence-corrected chi connectivity index (χ0v) is 10.8. The molecule has 1 aliphatic heterocycles. The maximum atomic E-state index is 5.77. The van der Waals surface area contributed by atoms with Crippen LogP contribution in [0.2, 0.25) is 5.28 Å². The van der Waals surface area contributed by atoms with Crippen molar-refractivity contribution < 1.29 is 0 Å². The highest BCUT2D eigenvalue weighted by Crippen LogP contribution is 2.18. The topological polar surface area (TPSA) is 41.0 Å². The minimum Gasteiger partial charge on any atom is -0.355 e. The lowest BCUT2D eigenvalue weighted by atomic mass is 10.1. The van der Waals surface area contributed by atoms with Crippen LogP contribution in [0, 0.1) is 0 Å². The van der Waals surface area contributed by atoms with Gasteiger partial charge in [-0.15, -0.1) is 12.4 Å². The summed E-state index contributed by atoms with van der Waals surface area (Å²) < 4.78 is 0. The predicted octanol–water partition coefficient (Wildman–Crippen LogP) is 1.74. The van der Waals surface area contributed by atoms with Crippen molar-refractivity contribution in [3.63, 3.8) is 0 Å². The fraction of sp³-hybridized carbons (Fsp3) is 0.600. The maximum Gasteiger partial charge on any atom is 0.224 e. The van der Waals surface area contributed by atoms with Gasteiger partial charge in [-0.25, -0.2) is 9.97 Å². The first kappa shape index (κ1) is 13.5. The third-order valence-electron chi connectivity index (χ3n) is 2.77. The predicted molar refractivity (Wildman–Crippen MR) is 68.6 cm³/mol. The summed E-state index contributed by atoms with van der Waals surface area (Å²) in [7, 11) is 2.00. The third kappa shape index (κ3) is 3.20. The monoisotopic (exact) mass is 262 g/mol. The molecule has 0 aromatic carbocycles. The zero-order valence-electron chi connectivity index (χ0n) is 9.19. The normalized spacial score (nSPS) is 20.4. The fourth-order valence-electron chi connectivity index (χ4n) is 1.92. The van der Waals surface area contributed by atoms with Crippen molar-refractivity contribution in [2.45, 2.75) is 18.9 Å². The van der Waals surface area contributed by atoms with Crippen LogP contribution < -0.4 is 10.2 Å². The second kappa shape index (κ2) is 6.23. The molecule has 1 aromatic rings. The minimum absolute atomic E-state index is 0. The van der Waals surface area contributed by atoms with Crippen LogP contribution in [-0.4, -0.2) is 36.1 Å². The Morgan fingerprint density at radius 2 is 2.38 bits per heavy atom. The van der Waals surface area contributed by atoms with Crippen LogP contribution in [0.3, 0.4) is 0 Å². The first-order chi connectivity index (χ1) is 7.29. The van der Waals surface area contributed by atoms with Gasteiger partial charge in [-0.05, 0) is 37.6 Å². The molecule has 4 nitrogen and oxygen atoms in total. The third-order valence-corrected chi connectivity index (χ3v) is 2.95. The van der Waals surface area contributed by atoms with E-state index in [4.69, 9.17) is 11.6 Å². The smallest absolute Gasteiger partial charge is 0.224 e. The Hall–Kier alpha value is -0.580. The highest BCUT2D eigenvalue weighted by Gasteiger charge is 2.19. The standard InChI is InChI=1S/C10H15ClN4.ClH/c1-12-8-3-2-6-15(7-8)9-4-5-13-10(11)14-9;/h4-5,8,12H,2-3,6-7H2,1H3;1H. The quantitative estimate of drug-likeness (QED) is 0.825. The molecule has 16 heavy (non-hydrogen) atoms. The SMILES string of the molecule is CNC1CCCN(c2ccnc(Cl)n2)C1.Cl. The van der Waals surface area contributed by atoms with Gasteiger partial charge in [0.15, 0.2) is 0 Å². The molecule has 1 fully saturated rings. The Bertz CT molecular complexity index is 334. The fourth-order valence-corrected chi connectivity index (χ4v) is 2.07. The van der Waals surface area contributed by atoms with Crippen LogP contribution in [0.1, 0.15) is 12.8 Å². The molecule has 0 spiro atoms. The van der Waals surface area contributed by atoms with Gasteiger partial charge >= 0.3 is 0 Å². The van der Waals surface area contributed by atoms with Crippen LogP contribution in [0.5, 0.6) is 0 Å². The van der Waals surface area contributed by atoms with Crippen LogP contribution >= 0.6 is 24.0 Å². The van der Waals surface area contributed by atoms with Crippen LogP contribution in [-0.2, 0) is 0 Å². The summed E-state index contributed by atoms with van der Waals surface area (Å²) in [6.07, 6.45) is 4.12. The number of likely N-dealkylation sites (N-methyl/N-ethyl adjacent to an activating group) is 1. The molecule has 2 rings (SSSR count). The van der Waals surface area contributed by atoms with Crippen LogP contribution in [0.25, 0.3) is 0 Å². The lowest BCUT2D eigenvalue weighted by Gasteiger charge is -2.33. The number of rotatable bonds is 2. The van der Waals surface area contributed by atoms with Crippen molar-refractivity contribution in [3.8, 4) is 0 Å². The van der Waals surface area contributed by atoms with Crippen molar-refractivity contribution in [2.24, 2.45) is 0 Å². The molecule has 6 heteroatoms. The Morgan fingerprint density at radius 1 is 1.56 bits per heavy atom. The number of piperidine rings is 1. The van der Waals surface area contributed by atoms with Gasteiger partial charge in [0.1, 0.15) is 5.82 Å². The number of hydrogen-bond acceptors (Lipinski definition) is 4. The lowest BCUT2D eigenvalue weighted by Crippen LogP contribution is -2.44. The molecule has 0 amide bonds. The van der Waals surface area contributed by atoms with Gasteiger partial charge < -0.3 is 10.2 Å². The Kier molecular flexibility index (Phi) is 5.25. The van der Waals surface area contributed by atoms with E-state index >= 15 is 0 Å². The highest BCUT2D eigenvalue weighted by atomic mass is 35.5. The second-order valence-corrected chi connectivity index (χ2v) is 4.10. The molecule has 0 bridgehead atoms. The van der Waals surface area contributed by atoms with Gasteiger partial charge in [-0.1, -0.05) is 0 Å². The van der Waals surface area contributed by atoms with Gasteiger partial charge in [0, 0.05) is 25.3 Å². The van der Waals surface area contributed by atoms with E-state index in [0.717, 1.165) is 18.9 Å². The Morgan fingerprint density at radius 3 is 3.06 bits per heavy atom. The molecule has 1 aromatic heterocycles. The first-order valence-electron chi connectivity index (χ1n) is 5.20. The van der Waals surface area contributed by atoms with Crippen LogP contribution in [0.4, 0.5) is 5.82 Å². The van der Waals surface area contributed by atoms with Gasteiger partial charge in [-0.3, -0.25) is 0 Å². The van der Waals surface area contributed by atoms with Crippen molar-refractivity contribution in [3.05, 3.63) is 17.5 Å². The number of halogens is 2. The van der Waals surface area contributed by atoms with Gasteiger partial charge in [0.2, 0.25) is 5.28 Å². The van der Waals surface area contributed by atoms with Crippen molar-refractivity contribution in [2.75, 3.05) is 25.0 Å². The number of aromatic nitrogens is 2. The van der Waals surface area contributed by atoms with E-state index in [1.54, 1.807) is 6.20 Å². The summed E-state index contributed by atoms with van der Waals surface area (Å²) >= 11 is 5.77. The summed E-state index contributed by atoms with van der Waals surface area (Å²) in [5.41, 5.74) is 0. The number of hydrogen-bond donors (Lipinski definition) is 1. The number of nitrogens with one attached hydrogen (secondary N) is 1. The van der Waals surface area contributed by atoms with Gasteiger partial charge in [0.25, 0.3) is 0 Å². The molecule has 0 saturated carbocycles. The molecule has 0 aliphatic carbocycles. The highest BCUT2D eigenvalue weighted by molar-refractivity contribution is 6.28. The van der Waals surface area contributed by atoms with E-state index in [-0.39, 0.29) is 12.4 Å². The zero-order chi connectivity index (χ0) is 10.7. The number of nitrogens with zero attached hydrogens (tertiary/aromatic N) is 3. The van der Waals surface area contributed by atoms with E-state index in [1.165, 1.54) is 12.8 Å². The molecule has 2 heterocycles. The summed E-state index contributed by atoms with van der Waals surface area (Å²) in [6.45, 7) is 2.04. The number of anilines is 1. The molecular weight excluding hydrogens is 247 g/mol. The average molecular weight is 263 g/mol. The van der Waals surface area contributed by atoms with Crippen molar-refractivity contribution in [1.82, 2.24) is 15.3 Å². The van der Waals surface area contributed by atoms with E-state index in [2.05, 4.69) is 20.2 Å². The first-order valence-corrected chi connectivity index (χ1v) is 5.58. The summed E-state index contributed by atoms with van der Waals surface area (Å²) in [5, 5.41) is 3.62. The molecule has 1 aliphatic rings. The lowest BCUT2D eigenvalue weighted by molar-refractivity contribution is 0.447. The molecule has 1 atom stereocenters.